The molecule has 1 aromatic heterocycles. The summed E-state index contributed by atoms with van der Waals surface area (Å²) in [6, 6.07) is 10.9. The van der Waals surface area contributed by atoms with E-state index < -0.39 is 11.6 Å². The Morgan fingerprint density at radius 2 is 2.03 bits per heavy atom. The standard InChI is InChI=1S/C22H22F2N2O3/c1-3-10-29-21-6-4-5-19-16(21)13-20(22(27)25-9-11-28-2)26(19)14-15-7-8-17(23)18(24)12-15/h3-8,12-13H,1,9-11,14H2,2H3,(H,25,27). The van der Waals surface area contributed by atoms with Gasteiger partial charge >= 0.3 is 0 Å². The highest BCUT2D eigenvalue weighted by Crippen LogP contribution is 2.30. The molecule has 29 heavy (non-hydrogen) atoms. The highest BCUT2D eigenvalue weighted by Gasteiger charge is 2.18. The molecular weight excluding hydrogens is 378 g/mol. The van der Waals surface area contributed by atoms with Crippen molar-refractivity contribution in [3.63, 3.8) is 0 Å². The number of methoxy groups -OCH3 is 1. The molecule has 0 saturated heterocycles. The number of nitrogens with one attached hydrogen (secondary N) is 1. The third-order valence-electron chi connectivity index (χ3n) is 4.41. The van der Waals surface area contributed by atoms with E-state index in [4.69, 9.17) is 9.47 Å². The number of ether oxygens (including phenoxy) is 2. The van der Waals surface area contributed by atoms with Crippen LogP contribution in [0, 0.1) is 11.6 Å². The van der Waals surface area contributed by atoms with Crippen LogP contribution < -0.4 is 10.1 Å². The van der Waals surface area contributed by atoms with Crippen LogP contribution in [0.4, 0.5) is 8.78 Å². The molecule has 0 unspecified atom stereocenters. The topological polar surface area (TPSA) is 52.5 Å². The fraction of sp³-hybridized carbons (Fsp3) is 0.227. The fourth-order valence-corrected chi connectivity index (χ4v) is 3.07. The lowest BCUT2D eigenvalue weighted by Gasteiger charge is -2.12. The molecular formula is C22H22F2N2O3. The number of carbonyl (C=O) groups is 1. The summed E-state index contributed by atoms with van der Waals surface area (Å²) in [5.41, 5.74) is 1.66. The van der Waals surface area contributed by atoms with Gasteiger partial charge in [-0.05, 0) is 35.9 Å². The normalized spacial score (nSPS) is 10.9. The minimum absolute atomic E-state index is 0.193. The van der Waals surface area contributed by atoms with E-state index in [2.05, 4.69) is 11.9 Å². The molecule has 0 aliphatic heterocycles. The molecule has 0 bridgehead atoms. The van der Waals surface area contributed by atoms with Crippen molar-refractivity contribution in [1.29, 1.82) is 0 Å². The van der Waals surface area contributed by atoms with Crippen molar-refractivity contribution < 1.29 is 23.0 Å². The van der Waals surface area contributed by atoms with Gasteiger partial charge in [0.05, 0.1) is 12.1 Å². The maximum atomic E-state index is 13.7. The Balaban J connectivity index is 2.05. The number of fused-ring (bicyclic) bond motifs is 1. The molecule has 1 amide bonds. The van der Waals surface area contributed by atoms with Crippen LogP contribution in [0.15, 0.2) is 55.1 Å². The number of nitrogens with zero attached hydrogens (tertiary/aromatic N) is 1. The number of benzene rings is 2. The lowest BCUT2D eigenvalue weighted by molar-refractivity contribution is 0.0928. The van der Waals surface area contributed by atoms with E-state index in [1.165, 1.54) is 6.07 Å². The summed E-state index contributed by atoms with van der Waals surface area (Å²) in [6.07, 6.45) is 1.63. The van der Waals surface area contributed by atoms with Gasteiger partial charge in [0, 0.05) is 25.6 Å². The van der Waals surface area contributed by atoms with Crippen LogP contribution in [0.2, 0.25) is 0 Å². The molecule has 5 nitrogen and oxygen atoms in total. The van der Waals surface area contributed by atoms with Gasteiger partial charge in [0.25, 0.3) is 5.91 Å². The van der Waals surface area contributed by atoms with Crippen LogP contribution >= 0.6 is 0 Å². The van der Waals surface area contributed by atoms with Gasteiger partial charge < -0.3 is 19.4 Å². The third kappa shape index (κ3) is 4.63. The van der Waals surface area contributed by atoms with Crippen molar-refractivity contribution in [3.05, 3.63) is 78.0 Å². The van der Waals surface area contributed by atoms with Crippen molar-refractivity contribution in [2.45, 2.75) is 6.54 Å². The Morgan fingerprint density at radius 1 is 1.21 bits per heavy atom. The van der Waals surface area contributed by atoms with E-state index in [0.717, 1.165) is 23.0 Å². The summed E-state index contributed by atoms with van der Waals surface area (Å²) in [5.74, 6) is -1.53. The second-order valence-electron chi connectivity index (χ2n) is 6.40. The summed E-state index contributed by atoms with van der Waals surface area (Å²) in [4.78, 5) is 12.8. The van der Waals surface area contributed by atoms with Crippen LogP contribution in [0.5, 0.6) is 5.75 Å². The van der Waals surface area contributed by atoms with E-state index in [1.807, 2.05) is 12.1 Å². The monoisotopic (exact) mass is 400 g/mol. The Labute approximate surface area is 167 Å². The Morgan fingerprint density at radius 3 is 2.76 bits per heavy atom. The first-order valence-electron chi connectivity index (χ1n) is 9.12. The first-order chi connectivity index (χ1) is 14.0. The zero-order valence-electron chi connectivity index (χ0n) is 16.1. The van der Waals surface area contributed by atoms with Gasteiger partial charge in [-0.2, -0.15) is 0 Å². The predicted molar refractivity (Wildman–Crippen MR) is 107 cm³/mol. The molecule has 0 aliphatic rings. The van der Waals surface area contributed by atoms with E-state index in [-0.39, 0.29) is 12.5 Å². The molecule has 0 fully saturated rings. The number of rotatable bonds is 9. The van der Waals surface area contributed by atoms with Gasteiger partial charge in [-0.1, -0.05) is 24.8 Å². The van der Waals surface area contributed by atoms with Crippen molar-refractivity contribution in [2.75, 3.05) is 26.9 Å². The second-order valence-corrected chi connectivity index (χ2v) is 6.40. The SMILES string of the molecule is C=CCOc1cccc2c1cc(C(=O)NCCOC)n2Cc1ccc(F)c(F)c1. The molecule has 0 saturated carbocycles. The summed E-state index contributed by atoms with van der Waals surface area (Å²) in [7, 11) is 1.55. The summed E-state index contributed by atoms with van der Waals surface area (Å²) >= 11 is 0. The summed E-state index contributed by atoms with van der Waals surface area (Å²) in [5, 5.41) is 3.54. The maximum Gasteiger partial charge on any atom is 0.268 e. The number of halogens is 2. The Bertz CT molecular complexity index is 1030. The molecule has 1 N–H and O–H groups in total. The third-order valence-corrected chi connectivity index (χ3v) is 4.41. The zero-order valence-corrected chi connectivity index (χ0v) is 16.1. The van der Waals surface area contributed by atoms with Crippen LogP contribution in [-0.2, 0) is 11.3 Å². The van der Waals surface area contributed by atoms with Crippen molar-refractivity contribution >= 4 is 16.8 Å². The number of hydrogen-bond donors (Lipinski definition) is 1. The van der Waals surface area contributed by atoms with Crippen LogP contribution in [0.25, 0.3) is 10.9 Å². The molecule has 7 heteroatoms. The first-order valence-corrected chi connectivity index (χ1v) is 9.12. The number of amides is 1. The smallest absolute Gasteiger partial charge is 0.268 e. The van der Waals surface area contributed by atoms with Crippen molar-refractivity contribution in [1.82, 2.24) is 9.88 Å². The largest absolute Gasteiger partial charge is 0.489 e. The van der Waals surface area contributed by atoms with E-state index >= 15 is 0 Å². The maximum absolute atomic E-state index is 13.7. The Hall–Kier alpha value is -3.19. The second kappa shape index (κ2) is 9.34. The molecule has 0 atom stereocenters. The Kier molecular flexibility index (Phi) is 6.61. The highest BCUT2D eigenvalue weighted by molar-refractivity contribution is 6.00. The molecule has 0 spiro atoms. The van der Waals surface area contributed by atoms with Gasteiger partial charge in [0.1, 0.15) is 18.1 Å². The van der Waals surface area contributed by atoms with E-state index in [9.17, 15) is 13.6 Å². The van der Waals surface area contributed by atoms with Crippen molar-refractivity contribution in [2.24, 2.45) is 0 Å². The molecule has 1 heterocycles. The van der Waals surface area contributed by atoms with Gasteiger partial charge in [-0.3, -0.25) is 4.79 Å². The van der Waals surface area contributed by atoms with Crippen molar-refractivity contribution in [3.8, 4) is 5.75 Å². The summed E-state index contributed by atoms with van der Waals surface area (Å²) < 4.78 is 39.4. The molecule has 152 valence electrons. The average molecular weight is 400 g/mol. The average Bonchev–Trinajstić information content (AvgIpc) is 3.08. The zero-order chi connectivity index (χ0) is 20.8. The minimum atomic E-state index is -0.930. The lowest BCUT2D eigenvalue weighted by atomic mass is 10.2. The minimum Gasteiger partial charge on any atom is -0.489 e. The van der Waals surface area contributed by atoms with E-state index in [1.54, 1.807) is 29.9 Å². The number of aromatic nitrogens is 1. The molecule has 0 aliphatic carbocycles. The number of carbonyl (C=O) groups excluding carboxylic acids is 1. The van der Waals surface area contributed by atoms with Gasteiger partial charge in [0.2, 0.25) is 0 Å². The number of hydrogen-bond acceptors (Lipinski definition) is 3. The molecule has 3 rings (SSSR count). The molecule has 3 aromatic rings. The predicted octanol–water partition coefficient (Wildman–Crippen LogP) is 3.91. The quantitative estimate of drug-likeness (QED) is 0.438. The lowest BCUT2D eigenvalue weighted by Crippen LogP contribution is -2.29. The summed E-state index contributed by atoms with van der Waals surface area (Å²) in [6.45, 7) is 4.89. The van der Waals surface area contributed by atoms with Gasteiger partial charge in [0.15, 0.2) is 11.6 Å². The molecule has 2 aromatic carbocycles. The highest BCUT2D eigenvalue weighted by atomic mass is 19.2. The van der Waals surface area contributed by atoms with Gasteiger partial charge in [-0.15, -0.1) is 0 Å². The first kappa shape index (κ1) is 20.5. The van der Waals surface area contributed by atoms with E-state index in [0.29, 0.717) is 36.8 Å². The van der Waals surface area contributed by atoms with Gasteiger partial charge in [-0.25, -0.2) is 8.78 Å². The van der Waals surface area contributed by atoms with Crippen LogP contribution in [0.1, 0.15) is 16.1 Å². The van der Waals surface area contributed by atoms with Crippen LogP contribution in [0.3, 0.4) is 0 Å². The van der Waals surface area contributed by atoms with Crippen LogP contribution in [-0.4, -0.2) is 37.3 Å². The molecule has 0 radical (unpaired) electrons. The fourth-order valence-electron chi connectivity index (χ4n) is 3.07.